The van der Waals surface area contributed by atoms with Crippen molar-refractivity contribution in [1.29, 1.82) is 0 Å². The summed E-state index contributed by atoms with van der Waals surface area (Å²) in [7, 11) is 0. The first kappa shape index (κ1) is 35.6. The van der Waals surface area contributed by atoms with Crippen molar-refractivity contribution in [2.24, 2.45) is 0 Å². The minimum Gasteiger partial charge on any atom is -0.455 e. The summed E-state index contributed by atoms with van der Waals surface area (Å²) in [5, 5.41) is 4.67. The highest BCUT2D eigenvalue weighted by atomic mass is 16.3. The standard InChI is InChI=1S/C58H49NO/c1-57(2)49-21-12-10-18-42(49)44-31-29-39(33-51(44)57)59(40-30-32-45-43-19-11-13-22-50(43)58(3,4)52(45)34-40)53-23-14-24-54-55(53)48-35-47(41-17-8-9-20-46(41)56(48)60-54)38-27-25-37(26-28-38)36-15-6-5-7-16-36/h6,8-15,17-33,35-36,40H,5,7,16,34H2,1-4H3. The average molecular weight is 776 g/mol. The number of hydrogen-bond acceptors (Lipinski definition) is 2. The quantitative estimate of drug-likeness (QED) is 0.162. The molecule has 2 atom stereocenters. The lowest BCUT2D eigenvalue weighted by atomic mass is 9.77. The fourth-order valence-corrected chi connectivity index (χ4v) is 11.6. The van der Waals surface area contributed by atoms with Crippen LogP contribution >= 0.6 is 0 Å². The van der Waals surface area contributed by atoms with E-state index >= 15 is 0 Å². The number of allylic oxidation sites excluding steroid dienone is 4. The Morgan fingerprint density at radius 3 is 2.13 bits per heavy atom. The maximum Gasteiger partial charge on any atom is 0.143 e. The summed E-state index contributed by atoms with van der Waals surface area (Å²) in [4.78, 5) is 2.64. The zero-order valence-electron chi connectivity index (χ0n) is 34.9. The van der Waals surface area contributed by atoms with Crippen LogP contribution in [0, 0.1) is 0 Å². The minimum absolute atomic E-state index is 0.0623. The third-order valence-corrected chi connectivity index (χ3v) is 14.7. The van der Waals surface area contributed by atoms with E-state index < -0.39 is 0 Å². The smallest absolute Gasteiger partial charge is 0.143 e. The molecule has 2 heteroatoms. The van der Waals surface area contributed by atoms with Gasteiger partial charge in [-0.05, 0) is 123 Å². The molecular weight excluding hydrogens is 727 g/mol. The second kappa shape index (κ2) is 13.1. The fourth-order valence-electron chi connectivity index (χ4n) is 11.6. The lowest BCUT2D eigenvalue weighted by molar-refractivity contribution is 0.585. The molecule has 0 fully saturated rings. The maximum atomic E-state index is 7.00. The molecule has 2 unspecified atom stereocenters. The van der Waals surface area contributed by atoms with Crippen LogP contribution < -0.4 is 4.90 Å². The topological polar surface area (TPSA) is 16.4 Å². The molecule has 2 nitrogen and oxygen atoms in total. The zero-order chi connectivity index (χ0) is 40.3. The summed E-state index contributed by atoms with van der Waals surface area (Å²) < 4.78 is 7.00. The van der Waals surface area contributed by atoms with Gasteiger partial charge >= 0.3 is 0 Å². The van der Waals surface area contributed by atoms with Gasteiger partial charge in [-0.3, -0.25) is 0 Å². The van der Waals surface area contributed by atoms with Gasteiger partial charge in [0.2, 0.25) is 0 Å². The number of rotatable bonds is 5. The van der Waals surface area contributed by atoms with E-state index in [1.807, 2.05) is 0 Å². The maximum absolute atomic E-state index is 7.00. The van der Waals surface area contributed by atoms with Crippen LogP contribution in [-0.4, -0.2) is 6.04 Å². The van der Waals surface area contributed by atoms with E-state index in [2.05, 4.69) is 196 Å². The highest BCUT2D eigenvalue weighted by molar-refractivity contribution is 6.22. The minimum atomic E-state index is -0.119. The van der Waals surface area contributed by atoms with Gasteiger partial charge in [0, 0.05) is 33.2 Å². The van der Waals surface area contributed by atoms with Crippen LogP contribution in [-0.2, 0) is 10.8 Å². The molecule has 0 N–H and O–H groups in total. The first-order valence-electron chi connectivity index (χ1n) is 22.0. The molecule has 8 aromatic rings. The number of furan rings is 1. The van der Waals surface area contributed by atoms with Gasteiger partial charge in [0.1, 0.15) is 11.2 Å². The van der Waals surface area contributed by atoms with Crippen molar-refractivity contribution < 1.29 is 4.42 Å². The Kier molecular flexibility index (Phi) is 7.74. The van der Waals surface area contributed by atoms with Crippen LogP contribution in [0.4, 0.5) is 11.4 Å². The highest BCUT2D eigenvalue weighted by Crippen LogP contribution is 2.54. The predicted octanol–water partition coefficient (Wildman–Crippen LogP) is 15.7. The lowest BCUT2D eigenvalue weighted by Crippen LogP contribution is -2.34. The Morgan fingerprint density at radius 2 is 1.33 bits per heavy atom. The fraction of sp³-hybridized carbons (Fsp3) is 0.207. The van der Waals surface area contributed by atoms with E-state index in [0.717, 1.165) is 33.7 Å². The first-order chi connectivity index (χ1) is 29.3. The summed E-state index contributed by atoms with van der Waals surface area (Å²) in [5.74, 6) is 0.502. The van der Waals surface area contributed by atoms with Crippen LogP contribution in [0.25, 0.3) is 60.5 Å². The Labute approximate surface area is 353 Å². The van der Waals surface area contributed by atoms with Gasteiger partial charge in [-0.15, -0.1) is 0 Å². The molecule has 0 bridgehead atoms. The number of fused-ring (bicyclic) bond motifs is 10. The Morgan fingerprint density at radius 1 is 0.600 bits per heavy atom. The van der Waals surface area contributed by atoms with Gasteiger partial charge in [-0.2, -0.15) is 0 Å². The molecule has 4 aliphatic carbocycles. The number of nitrogens with zero attached hydrogens (tertiary/aromatic N) is 1. The van der Waals surface area contributed by atoms with Crippen molar-refractivity contribution >= 4 is 49.7 Å². The first-order valence-corrected chi connectivity index (χ1v) is 22.0. The van der Waals surface area contributed by atoms with Gasteiger partial charge < -0.3 is 9.32 Å². The van der Waals surface area contributed by atoms with Crippen molar-refractivity contribution in [3.05, 3.63) is 197 Å². The van der Waals surface area contributed by atoms with Crippen LogP contribution in [0.5, 0.6) is 0 Å². The molecule has 1 aromatic heterocycles. The van der Waals surface area contributed by atoms with E-state index in [1.54, 1.807) is 0 Å². The van der Waals surface area contributed by atoms with Crippen molar-refractivity contribution in [3.8, 4) is 22.3 Å². The normalized spacial score (nSPS) is 19.5. The summed E-state index contributed by atoms with van der Waals surface area (Å²) in [6.07, 6.45) is 14.2. The van der Waals surface area contributed by atoms with E-state index in [-0.39, 0.29) is 16.9 Å². The molecule has 7 aromatic carbocycles. The summed E-state index contributed by atoms with van der Waals surface area (Å²) in [6, 6.07) is 52.6. The number of benzene rings is 7. The molecule has 0 aliphatic heterocycles. The SMILES string of the molecule is CC1(C)C2=C(C=CC(N(c3ccc4c(c3)C(C)(C)c3ccccc3-4)c3cccc4oc5c6ccccc6c(-c6ccc(C7C=CCCC7)cc6)cc5c34)C2)c2ccccc21. The zero-order valence-corrected chi connectivity index (χ0v) is 34.9. The van der Waals surface area contributed by atoms with E-state index in [4.69, 9.17) is 4.42 Å². The second-order valence-electron chi connectivity index (χ2n) is 18.7. The van der Waals surface area contributed by atoms with Gasteiger partial charge in [0.05, 0.1) is 17.1 Å². The molecular formula is C58H49NO. The molecule has 60 heavy (non-hydrogen) atoms. The predicted molar refractivity (Wildman–Crippen MR) is 252 cm³/mol. The summed E-state index contributed by atoms with van der Waals surface area (Å²) in [5.41, 5.74) is 19.1. The van der Waals surface area contributed by atoms with Crippen molar-refractivity contribution in [1.82, 2.24) is 0 Å². The molecule has 12 rings (SSSR count). The molecule has 0 saturated carbocycles. The molecule has 0 saturated heterocycles. The molecule has 1 heterocycles. The second-order valence-corrected chi connectivity index (χ2v) is 18.7. The van der Waals surface area contributed by atoms with Crippen LogP contribution in [0.15, 0.2) is 174 Å². The molecule has 292 valence electrons. The average Bonchev–Trinajstić information content (AvgIpc) is 3.87. The van der Waals surface area contributed by atoms with E-state index in [0.29, 0.717) is 5.92 Å². The van der Waals surface area contributed by atoms with Gasteiger partial charge in [-0.25, -0.2) is 0 Å². The van der Waals surface area contributed by atoms with E-state index in [1.165, 1.54) is 97.2 Å². The third kappa shape index (κ3) is 5.13. The monoisotopic (exact) mass is 775 g/mol. The highest BCUT2D eigenvalue weighted by Gasteiger charge is 2.41. The Balaban J connectivity index is 1.07. The summed E-state index contributed by atoms with van der Waals surface area (Å²) in [6.45, 7) is 9.60. The van der Waals surface area contributed by atoms with Crippen molar-refractivity contribution in [2.45, 2.75) is 76.2 Å². The van der Waals surface area contributed by atoms with Crippen LogP contribution in [0.2, 0.25) is 0 Å². The van der Waals surface area contributed by atoms with Crippen molar-refractivity contribution in [3.63, 3.8) is 0 Å². The molecule has 0 amide bonds. The van der Waals surface area contributed by atoms with Gasteiger partial charge in [0.25, 0.3) is 0 Å². The molecule has 0 spiro atoms. The Hall–Kier alpha value is -6.38. The van der Waals surface area contributed by atoms with E-state index in [9.17, 15) is 0 Å². The number of hydrogen-bond donors (Lipinski definition) is 0. The molecule has 4 aliphatic rings. The lowest BCUT2D eigenvalue weighted by Gasteiger charge is -2.37. The van der Waals surface area contributed by atoms with Crippen molar-refractivity contribution in [2.75, 3.05) is 4.90 Å². The van der Waals surface area contributed by atoms with Gasteiger partial charge in [-0.1, -0.05) is 161 Å². The largest absolute Gasteiger partial charge is 0.455 e. The molecule has 0 radical (unpaired) electrons. The van der Waals surface area contributed by atoms with Crippen LogP contribution in [0.1, 0.15) is 87.1 Å². The third-order valence-electron chi connectivity index (χ3n) is 14.7. The summed E-state index contributed by atoms with van der Waals surface area (Å²) >= 11 is 0. The van der Waals surface area contributed by atoms with Gasteiger partial charge in [0.15, 0.2) is 0 Å². The number of anilines is 2. The Bertz CT molecular complexity index is 3170. The van der Waals surface area contributed by atoms with Crippen LogP contribution in [0.3, 0.4) is 0 Å².